The number of benzene rings is 1. The topological polar surface area (TPSA) is 38.1 Å². The van der Waals surface area contributed by atoms with Crippen LogP contribution in [0, 0.1) is 6.92 Å². The van der Waals surface area contributed by atoms with Crippen LogP contribution in [0.15, 0.2) is 34.9 Å². The van der Waals surface area contributed by atoms with Crippen LogP contribution in [-0.4, -0.2) is 10.7 Å². The molecule has 0 saturated heterocycles. The fourth-order valence-electron chi connectivity index (χ4n) is 2.24. The van der Waals surface area contributed by atoms with Crippen molar-refractivity contribution in [3.63, 3.8) is 0 Å². The number of nitrogens with zero attached hydrogens (tertiary/aromatic N) is 1. The quantitative estimate of drug-likeness (QED) is 0.920. The van der Waals surface area contributed by atoms with E-state index in [2.05, 4.69) is 34.6 Å². The van der Waals surface area contributed by atoms with Gasteiger partial charge in [0, 0.05) is 17.5 Å². The molecule has 1 N–H and O–H groups in total. The fraction of sp³-hybridized carbons (Fsp3) is 0.357. The summed E-state index contributed by atoms with van der Waals surface area (Å²) in [5.74, 6) is 3.86. The molecule has 4 heteroatoms. The molecule has 0 fully saturated rings. The summed E-state index contributed by atoms with van der Waals surface area (Å²) in [6.45, 7) is 2.61. The van der Waals surface area contributed by atoms with Gasteiger partial charge in [-0.15, -0.1) is 0 Å². The van der Waals surface area contributed by atoms with Crippen molar-refractivity contribution in [2.45, 2.75) is 25.3 Å². The van der Waals surface area contributed by atoms with Crippen molar-refractivity contribution in [2.75, 3.05) is 5.75 Å². The molecule has 0 amide bonds. The first kappa shape index (κ1) is 11.8. The smallest absolute Gasteiger partial charge is 0.208 e. The van der Waals surface area contributed by atoms with E-state index in [4.69, 9.17) is 4.42 Å². The van der Waals surface area contributed by atoms with E-state index >= 15 is 0 Å². The predicted molar refractivity (Wildman–Crippen MR) is 73.4 cm³/mol. The standard InChI is InChI=1S/C14H16N2OS/c1-10-6-16-14(17-10)7-15-13-9-18-8-11-4-2-3-5-12(11)13/h2-6,13,15H,7-9H2,1H3. The van der Waals surface area contributed by atoms with Crippen LogP contribution in [0.2, 0.25) is 0 Å². The van der Waals surface area contributed by atoms with E-state index < -0.39 is 0 Å². The lowest BCUT2D eigenvalue weighted by Gasteiger charge is -2.25. The Morgan fingerprint density at radius 1 is 1.44 bits per heavy atom. The van der Waals surface area contributed by atoms with Crippen molar-refractivity contribution >= 4 is 11.8 Å². The third-order valence-corrected chi connectivity index (χ3v) is 4.23. The Hall–Kier alpha value is -1.26. The SMILES string of the molecule is Cc1cnc(CNC2CSCc3ccccc32)o1. The van der Waals surface area contributed by atoms with Crippen LogP contribution in [-0.2, 0) is 12.3 Å². The van der Waals surface area contributed by atoms with E-state index in [9.17, 15) is 0 Å². The van der Waals surface area contributed by atoms with Gasteiger partial charge in [0.2, 0.25) is 5.89 Å². The molecule has 0 saturated carbocycles. The molecular weight excluding hydrogens is 244 g/mol. The van der Waals surface area contributed by atoms with Gasteiger partial charge in [-0.1, -0.05) is 24.3 Å². The lowest BCUT2D eigenvalue weighted by atomic mass is 10.0. The second kappa shape index (κ2) is 5.16. The highest BCUT2D eigenvalue weighted by molar-refractivity contribution is 7.98. The van der Waals surface area contributed by atoms with Gasteiger partial charge in [-0.25, -0.2) is 4.98 Å². The molecule has 18 heavy (non-hydrogen) atoms. The minimum absolute atomic E-state index is 0.396. The third kappa shape index (κ3) is 2.44. The number of oxazole rings is 1. The zero-order valence-corrected chi connectivity index (χ0v) is 11.2. The lowest BCUT2D eigenvalue weighted by Crippen LogP contribution is -2.26. The second-order valence-electron chi connectivity index (χ2n) is 4.51. The van der Waals surface area contributed by atoms with Gasteiger partial charge in [-0.05, 0) is 18.1 Å². The highest BCUT2D eigenvalue weighted by atomic mass is 32.2. The van der Waals surface area contributed by atoms with Crippen LogP contribution in [0.4, 0.5) is 0 Å². The summed E-state index contributed by atoms with van der Waals surface area (Å²) in [6.07, 6.45) is 1.76. The molecular formula is C14H16N2OS. The molecule has 1 aromatic carbocycles. The van der Waals surface area contributed by atoms with Crippen molar-refractivity contribution in [1.82, 2.24) is 10.3 Å². The maximum Gasteiger partial charge on any atom is 0.208 e. The molecule has 3 nitrogen and oxygen atoms in total. The summed E-state index contributed by atoms with van der Waals surface area (Å²) in [6, 6.07) is 9.05. The van der Waals surface area contributed by atoms with Gasteiger partial charge in [-0.3, -0.25) is 0 Å². The normalized spacial score (nSPS) is 18.6. The van der Waals surface area contributed by atoms with Crippen LogP contribution in [0.1, 0.15) is 28.8 Å². The highest BCUT2D eigenvalue weighted by Gasteiger charge is 2.19. The molecule has 3 rings (SSSR count). The van der Waals surface area contributed by atoms with Crippen LogP contribution >= 0.6 is 11.8 Å². The van der Waals surface area contributed by atoms with E-state index in [1.54, 1.807) is 6.20 Å². The fourth-order valence-corrected chi connectivity index (χ4v) is 3.38. The number of rotatable bonds is 3. The molecule has 94 valence electrons. The molecule has 0 radical (unpaired) electrons. The molecule has 2 aromatic rings. The van der Waals surface area contributed by atoms with Gasteiger partial charge >= 0.3 is 0 Å². The first-order valence-corrected chi connectivity index (χ1v) is 7.28. The minimum atomic E-state index is 0.396. The van der Waals surface area contributed by atoms with Crippen LogP contribution in [0.25, 0.3) is 0 Å². The minimum Gasteiger partial charge on any atom is -0.445 e. The molecule has 1 aliphatic rings. The summed E-state index contributed by atoms with van der Waals surface area (Å²) in [7, 11) is 0. The highest BCUT2D eigenvalue weighted by Crippen LogP contribution is 2.31. The molecule has 1 aromatic heterocycles. The number of aryl methyl sites for hydroxylation is 1. The van der Waals surface area contributed by atoms with Gasteiger partial charge in [0.1, 0.15) is 5.76 Å². The monoisotopic (exact) mass is 260 g/mol. The molecule has 0 aliphatic carbocycles. The molecule has 1 aliphatic heterocycles. The van der Waals surface area contributed by atoms with E-state index in [1.807, 2.05) is 18.7 Å². The van der Waals surface area contributed by atoms with Crippen molar-refractivity contribution in [1.29, 1.82) is 0 Å². The van der Waals surface area contributed by atoms with Crippen molar-refractivity contribution in [3.8, 4) is 0 Å². The molecule has 0 spiro atoms. The zero-order chi connectivity index (χ0) is 12.4. The average Bonchev–Trinajstić information content (AvgIpc) is 2.82. The summed E-state index contributed by atoms with van der Waals surface area (Å²) in [4.78, 5) is 4.22. The van der Waals surface area contributed by atoms with E-state index in [0.29, 0.717) is 12.6 Å². The van der Waals surface area contributed by atoms with Gasteiger partial charge in [0.25, 0.3) is 0 Å². The molecule has 1 atom stereocenters. The maximum absolute atomic E-state index is 5.48. The van der Waals surface area contributed by atoms with Gasteiger partial charge in [0.05, 0.1) is 12.7 Å². The van der Waals surface area contributed by atoms with E-state index in [0.717, 1.165) is 23.2 Å². The third-order valence-electron chi connectivity index (χ3n) is 3.14. The number of hydrogen-bond acceptors (Lipinski definition) is 4. The number of nitrogens with one attached hydrogen (secondary N) is 1. The van der Waals surface area contributed by atoms with Crippen molar-refractivity contribution in [3.05, 3.63) is 53.2 Å². The van der Waals surface area contributed by atoms with E-state index in [-0.39, 0.29) is 0 Å². The van der Waals surface area contributed by atoms with Crippen LogP contribution in [0.5, 0.6) is 0 Å². The Bertz CT molecular complexity index is 538. The molecule has 0 bridgehead atoms. The Morgan fingerprint density at radius 2 is 2.33 bits per heavy atom. The van der Waals surface area contributed by atoms with Crippen molar-refractivity contribution < 1.29 is 4.42 Å². The Kier molecular flexibility index (Phi) is 3.39. The number of fused-ring (bicyclic) bond motifs is 1. The maximum atomic E-state index is 5.48. The van der Waals surface area contributed by atoms with Gasteiger partial charge < -0.3 is 9.73 Å². The molecule has 2 heterocycles. The summed E-state index contributed by atoms with van der Waals surface area (Å²) >= 11 is 1.97. The first-order chi connectivity index (χ1) is 8.83. The number of hydrogen-bond donors (Lipinski definition) is 1. The summed E-state index contributed by atoms with van der Waals surface area (Å²) < 4.78 is 5.48. The summed E-state index contributed by atoms with van der Waals surface area (Å²) in [5.41, 5.74) is 2.86. The number of thioether (sulfide) groups is 1. The Labute approximate surface area is 111 Å². The van der Waals surface area contributed by atoms with Crippen LogP contribution < -0.4 is 5.32 Å². The van der Waals surface area contributed by atoms with Crippen molar-refractivity contribution in [2.24, 2.45) is 0 Å². The van der Waals surface area contributed by atoms with Crippen LogP contribution in [0.3, 0.4) is 0 Å². The first-order valence-electron chi connectivity index (χ1n) is 6.13. The van der Waals surface area contributed by atoms with Gasteiger partial charge in [0.15, 0.2) is 0 Å². The number of aromatic nitrogens is 1. The second-order valence-corrected chi connectivity index (χ2v) is 5.54. The van der Waals surface area contributed by atoms with E-state index in [1.165, 1.54) is 11.1 Å². The van der Waals surface area contributed by atoms with Gasteiger partial charge in [-0.2, -0.15) is 11.8 Å². The lowest BCUT2D eigenvalue weighted by molar-refractivity contribution is 0.432. The zero-order valence-electron chi connectivity index (χ0n) is 10.3. The molecule has 1 unspecified atom stereocenters. The Balaban J connectivity index is 1.71. The largest absolute Gasteiger partial charge is 0.445 e. The predicted octanol–water partition coefficient (Wildman–Crippen LogP) is 3.06. The average molecular weight is 260 g/mol. The Morgan fingerprint density at radius 3 is 3.17 bits per heavy atom. The summed E-state index contributed by atoms with van der Waals surface area (Å²) in [5, 5.41) is 3.53.